The Bertz CT molecular complexity index is 611. The molecule has 3 nitrogen and oxygen atoms in total. The van der Waals surface area contributed by atoms with E-state index in [1.54, 1.807) is 11.8 Å². The molecule has 0 aliphatic carbocycles. The number of ether oxygens (including phenoxy) is 1. The van der Waals surface area contributed by atoms with Crippen LogP contribution in [0.3, 0.4) is 0 Å². The fraction of sp³-hybridized carbons (Fsp3) is 0.133. The molecule has 4 heteroatoms. The topological polar surface area (TPSA) is 59.1 Å². The first-order valence-corrected chi connectivity index (χ1v) is 7.11. The Balaban J connectivity index is 2.46. The molecular weight excluding hydrogens is 256 g/mol. The lowest BCUT2D eigenvalue weighted by Gasteiger charge is -2.14. The van der Waals surface area contributed by atoms with Gasteiger partial charge in [0.2, 0.25) is 0 Å². The van der Waals surface area contributed by atoms with Gasteiger partial charge in [0, 0.05) is 4.90 Å². The van der Waals surface area contributed by atoms with E-state index in [9.17, 15) is 0 Å². The quantitative estimate of drug-likeness (QED) is 0.505. The summed E-state index contributed by atoms with van der Waals surface area (Å²) in [7, 11) is 0. The van der Waals surface area contributed by atoms with E-state index in [4.69, 9.17) is 15.9 Å². The Morgan fingerprint density at radius 2 is 1.79 bits per heavy atom. The van der Waals surface area contributed by atoms with Crippen LogP contribution in [0.15, 0.2) is 47.4 Å². The van der Waals surface area contributed by atoms with Crippen molar-refractivity contribution in [3.05, 3.63) is 53.6 Å². The number of nitrogen functional groups attached to an aromatic ring is 1. The van der Waals surface area contributed by atoms with Crippen molar-refractivity contribution >= 4 is 17.6 Å². The predicted molar refractivity (Wildman–Crippen MR) is 80.5 cm³/mol. The number of benzene rings is 2. The van der Waals surface area contributed by atoms with Crippen LogP contribution in [0, 0.1) is 12.3 Å². The van der Waals surface area contributed by atoms with Gasteiger partial charge in [0.1, 0.15) is 17.3 Å². The van der Waals surface area contributed by atoms with Gasteiger partial charge >= 0.3 is 0 Å². The first kappa shape index (κ1) is 13.5. The number of nitrogens with two attached hydrogens (primary N) is 1. The maximum absolute atomic E-state index is 7.72. The molecule has 2 rings (SSSR count). The Kier molecular flexibility index (Phi) is 4.12. The normalized spacial score (nSPS) is 10.2. The summed E-state index contributed by atoms with van der Waals surface area (Å²) in [6.07, 6.45) is 1.96. The van der Waals surface area contributed by atoms with Gasteiger partial charge in [0.15, 0.2) is 0 Å². The summed E-state index contributed by atoms with van der Waals surface area (Å²) in [6.45, 7) is 1.99. The van der Waals surface area contributed by atoms with Gasteiger partial charge in [-0.25, -0.2) is 0 Å². The van der Waals surface area contributed by atoms with E-state index in [1.165, 1.54) is 0 Å². The third-order valence-electron chi connectivity index (χ3n) is 2.79. The van der Waals surface area contributed by atoms with Crippen LogP contribution in [0.2, 0.25) is 0 Å². The fourth-order valence-corrected chi connectivity index (χ4v) is 2.45. The highest BCUT2D eigenvalue weighted by atomic mass is 32.2. The van der Waals surface area contributed by atoms with Crippen LogP contribution in [-0.2, 0) is 0 Å². The first-order chi connectivity index (χ1) is 9.13. The van der Waals surface area contributed by atoms with Gasteiger partial charge in [0.25, 0.3) is 0 Å². The highest BCUT2D eigenvalue weighted by molar-refractivity contribution is 7.98. The molecular formula is C15H16N2OS. The zero-order valence-electron chi connectivity index (χ0n) is 10.9. The molecule has 0 unspecified atom stereocenters. The van der Waals surface area contributed by atoms with Gasteiger partial charge in [-0.2, -0.15) is 0 Å². The summed E-state index contributed by atoms with van der Waals surface area (Å²) < 4.78 is 5.91. The van der Waals surface area contributed by atoms with E-state index in [0.717, 1.165) is 16.2 Å². The number of thioether (sulfide) groups is 1. The zero-order chi connectivity index (χ0) is 13.8. The van der Waals surface area contributed by atoms with E-state index in [0.29, 0.717) is 11.3 Å². The molecule has 0 bridgehead atoms. The molecule has 2 aromatic rings. The number of para-hydroxylation sites is 1. The largest absolute Gasteiger partial charge is 0.456 e. The molecule has 0 aliphatic rings. The molecule has 98 valence electrons. The minimum atomic E-state index is 0.0218. The summed E-state index contributed by atoms with van der Waals surface area (Å²) in [5.41, 5.74) is 7.37. The van der Waals surface area contributed by atoms with Gasteiger partial charge in [-0.05, 0) is 36.9 Å². The van der Waals surface area contributed by atoms with Gasteiger partial charge in [0.05, 0.1) is 5.56 Å². The van der Waals surface area contributed by atoms with Crippen molar-refractivity contribution in [1.29, 1.82) is 5.41 Å². The van der Waals surface area contributed by atoms with Crippen molar-refractivity contribution in [2.24, 2.45) is 5.73 Å². The van der Waals surface area contributed by atoms with Crippen molar-refractivity contribution < 1.29 is 4.74 Å². The number of hydrogen-bond acceptors (Lipinski definition) is 3. The van der Waals surface area contributed by atoms with Crippen molar-refractivity contribution in [1.82, 2.24) is 0 Å². The molecule has 0 aliphatic heterocycles. The van der Waals surface area contributed by atoms with Gasteiger partial charge in [-0.3, -0.25) is 5.41 Å². The Labute approximate surface area is 117 Å². The molecule has 0 atom stereocenters. The third kappa shape index (κ3) is 2.90. The molecule has 19 heavy (non-hydrogen) atoms. The van der Waals surface area contributed by atoms with Crippen LogP contribution in [0.4, 0.5) is 0 Å². The molecule has 0 radical (unpaired) electrons. The maximum atomic E-state index is 7.72. The second-order valence-electron chi connectivity index (χ2n) is 4.11. The smallest absolute Gasteiger partial charge is 0.139 e. The Morgan fingerprint density at radius 3 is 2.42 bits per heavy atom. The lowest BCUT2D eigenvalue weighted by Crippen LogP contribution is -2.13. The number of amidine groups is 1. The SMILES string of the molecule is CSc1cccc(Oc2ccccc2C)c1C(=N)N. The molecule has 0 spiro atoms. The molecule has 0 fully saturated rings. The van der Waals surface area contributed by atoms with Crippen molar-refractivity contribution in [2.45, 2.75) is 11.8 Å². The predicted octanol–water partition coefficient (Wildman–Crippen LogP) is 3.79. The molecule has 0 amide bonds. The van der Waals surface area contributed by atoms with E-state index in [-0.39, 0.29) is 5.84 Å². The average molecular weight is 272 g/mol. The highest BCUT2D eigenvalue weighted by Gasteiger charge is 2.13. The third-order valence-corrected chi connectivity index (χ3v) is 3.57. The van der Waals surface area contributed by atoms with E-state index in [2.05, 4.69) is 0 Å². The molecule has 0 heterocycles. The van der Waals surface area contributed by atoms with E-state index in [1.807, 2.05) is 55.6 Å². The second kappa shape index (κ2) is 5.80. The van der Waals surface area contributed by atoms with E-state index < -0.39 is 0 Å². The Morgan fingerprint density at radius 1 is 1.11 bits per heavy atom. The highest BCUT2D eigenvalue weighted by Crippen LogP contribution is 2.32. The van der Waals surface area contributed by atoms with Crippen molar-refractivity contribution in [3.63, 3.8) is 0 Å². The summed E-state index contributed by atoms with van der Waals surface area (Å²) in [4.78, 5) is 0.943. The lowest BCUT2D eigenvalue weighted by atomic mass is 10.1. The van der Waals surface area contributed by atoms with Gasteiger partial charge in [-0.1, -0.05) is 24.3 Å². The van der Waals surface area contributed by atoms with Crippen LogP contribution in [0.1, 0.15) is 11.1 Å². The number of aryl methyl sites for hydroxylation is 1. The monoisotopic (exact) mass is 272 g/mol. The second-order valence-corrected chi connectivity index (χ2v) is 4.96. The molecule has 0 aromatic heterocycles. The maximum Gasteiger partial charge on any atom is 0.139 e. The zero-order valence-corrected chi connectivity index (χ0v) is 11.8. The fourth-order valence-electron chi connectivity index (χ4n) is 1.82. The van der Waals surface area contributed by atoms with Crippen molar-refractivity contribution in [3.8, 4) is 11.5 Å². The van der Waals surface area contributed by atoms with Crippen LogP contribution in [0.25, 0.3) is 0 Å². The molecule has 3 N–H and O–H groups in total. The number of hydrogen-bond donors (Lipinski definition) is 2. The first-order valence-electron chi connectivity index (χ1n) is 5.88. The van der Waals surface area contributed by atoms with Gasteiger partial charge < -0.3 is 10.5 Å². The molecule has 2 aromatic carbocycles. The minimum absolute atomic E-state index is 0.0218. The van der Waals surface area contributed by atoms with Crippen LogP contribution in [-0.4, -0.2) is 12.1 Å². The van der Waals surface area contributed by atoms with E-state index >= 15 is 0 Å². The lowest BCUT2D eigenvalue weighted by molar-refractivity contribution is 0.476. The number of nitrogens with one attached hydrogen (secondary N) is 1. The summed E-state index contributed by atoms with van der Waals surface area (Å²) in [6, 6.07) is 13.5. The summed E-state index contributed by atoms with van der Waals surface area (Å²) in [5, 5.41) is 7.72. The van der Waals surface area contributed by atoms with Crippen LogP contribution < -0.4 is 10.5 Å². The minimum Gasteiger partial charge on any atom is -0.456 e. The van der Waals surface area contributed by atoms with Gasteiger partial charge in [-0.15, -0.1) is 11.8 Å². The number of rotatable bonds is 4. The van der Waals surface area contributed by atoms with Crippen LogP contribution in [0.5, 0.6) is 11.5 Å². The molecule has 0 saturated heterocycles. The summed E-state index contributed by atoms with van der Waals surface area (Å²) >= 11 is 1.55. The summed E-state index contributed by atoms with van der Waals surface area (Å²) in [5.74, 6) is 1.42. The Hall–Kier alpha value is -1.94. The average Bonchev–Trinajstić information content (AvgIpc) is 2.40. The van der Waals surface area contributed by atoms with Crippen LogP contribution >= 0.6 is 11.8 Å². The molecule has 0 saturated carbocycles. The van der Waals surface area contributed by atoms with Crippen molar-refractivity contribution in [2.75, 3.05) is 6.26 Å². The standard InChI is InChI=1S/C15H16N2OS/c1-10-6-3-4-7-11(10)18-12-8-5-9-13(19-2)14(12)15(16)17/h3-9H,1-2H3,(H3,16,17).